The fourth-order valence-electron chi connectivity index (χ4n) is 2.19. The van der Waals surface area contributed by atoms with E-state index in [-0.39, 0.29) is 16.3 Å². The number of rotatable bonds is 3. The molecule has 88 valence electrons. The van der Waals surface area contributed by atoms with Gasteiger partial charge in [-0.25, -0.2) is 8.78 Å². The molecule has 1 fully saturated rings. The van der Waals surface area contributed by atoms with Crippen LogP contribution in [0.4, 0.5) is 8.78 Å². The van der Waals surface area contributed by atoms with Gasteiger partial charge < -0.3 is 5.32 Å². The third-order valence-corrected chi connectivity index (χ3v) is 3.91. The van der Waals surface area contributed by atoms with Crippen molar-refractivity contribution in [2.45, 2.75) is 25.3 Å². The second-order valence-electron chi connectivity index (χ2n) is 4.25. The van der Waals surface area contributed by atoms with Crippen molar-refractivity contribution < 1.29 is 8.78 Å². The number of nitrogens with one attached hydrogen (secondary N) is 1. The third-order valence-electron chi connectivity index (χ3n) is 3.31. The van der Waals surface area contributed by atoms with E-state index >= 15 is 0 Å². The molecule has 4 heteroatoms. The number of halogens is 3. The Balaban J connectivity index is 2.33. The highest BCUT2D eigenvalue weighted by atomic mass is 79.9. The smallest absolute Gasteiger partial charge is 0.137 e. The molecule has 0 saturated heterocycles. The van der Waals surface area contributed by atoms with E-state index in [4.69, 9.17) is 0 Å². The highest BCUT2D eigenvalue weighted by molar-refractivity contribution is 9.10. The van der Waals surface area contributed by atoms with Crippen LogP contribution in [0.25, 0.3) is 0 Å². The van der Waals surface area contributed by atoms with Crippen molar-refractivity contribution in [3.05, 3.63) is 33.8 Å². The van der Waals surface area contributed by atoms with Crippen LogP contribution < -0.4 is 5.32 Å². The summed E-state index contributed by atoms with van der Waals surface area (Å²) in [5, 5.41) is 3.09. The van der Waals surface area contributed by atoms with E-state index in [1.165, 1.54) is 18.6 Å². The lowest BCUT2D eigenvalue weighted by Gasteiger charge is -2.34. The monoisotopic (exact) mass is 289 g/mol. The summed E-state index contributed by atoms with van der Waals surface area (Å²) in [7, 11) is 1.79. The van der Waals surface area contributed by atoms with Crippen LogP contribution in [-0.4, -0.2) is 7.05 Å². The van der Waals surface area contributed by atoms with Crippen LogP contribution in [0.2, 0.25) is 0 Å². The van der Waals surface area contributed by atoms with Crippen molar-refractivity contribution in [1.29, 1.82) is 0 Å². The van der Waals surface area contributed by atoms with Gasteiger partial charge in [0.2, 0.25) is 0 Å². The van der Waals surface area contributed by atoms with Crippen molar-refractivity contribution >= 4 is 15.9 Å². The first-order valence-electron chi connectivity index (χ1n) is 5.45. The average molecular weight is 290 g/mol. The van der Waals surface area contributed by atoms with Crippen molar-refractivity contribution in [2.75, 3.05) is 7.05 Å². The van der Waals surface area contributed by atoms with Crippen molar-refractivity contribution in [3.63, 3.8) is 0 Å². The van der Waals surface area contributed by atoms with E-state index < -0.39 is 5.82 Å². The van der Waals surface area contributed by atoms with Crippen molar-refractivity contribution in [2.24, 2.45) is 5.92 Å². The maximum atomic E-state index is 13.8. The lowest BCUT2D eigenvalue weighted by atomic mass is 9.77. The predicted molar refractivity (Wildman–Crippen MR) is 63.2 cm³/mol. The zero-order valence-electron chi connectivity index (χ0n) is 9.06. The molecule has 0 spiro atoms. The van der Waals surface area contributed by atoms with Gasteiger partial charge in [-0.05, 0) is 53.9 Å². The maximum absolute atomic E-state index is 13.8. The minimum Gasteiger partial charge on any atom is -0.313 e. The van der Waals surface area contributed by atoms with Gasteiger partial charge in [0.1, 0.15) is 11.6 Å². The Bertz CT molecular complexity index is 391. The molecule has 1 saturated carbocycles. The standard InChI is InChI=1S/C12H14BrF2N/c1-16-12(7-3-2-4-7)8-5-11(15)9(13)6-10(8)14/h5-7,12,16H,2-4H2,1H3. The van der Waals surface area contributed by atoms with Gasteiger partial charge in [0.15, 0.2) is 0 Å². The molecule has 0 heterocycles. The lowest BCUT2D eigenvalue weighted by molar-refractivity contribution is 0.235. The summed E-state index contributed by atoms with van der Waals surface area (Å²) >= 11 is 2.98. The molecule has 1 N–H and O–H groups in total. The van der Waals surface area contributed by atoms with Crippen LogP contribution in [0, 0.1) is 17.6 Å². The molecule has 1 aliphatic carbocycles. The Morgan fingerprint density at radius 2 is 2.00 bits per heavy atom. The predicted octanol–water partition coefficient (Wildman–Crippen LogP) is 3.79. The molecule has 1 aromatic rings. The molecule has 0 bridgehead atoms. The highest BCUT2D eigenvalue weighted by Gasteiger charge is 2.29. The first-order chi connectivity index (χ1) is 7.63. The van der Waals surface area contributed by atoms with E-state index in [0.717, 1.165) is 12.8 Å². The number of benzene rings is 1. The minimum atomic E-state index is -0.407. The van der Waals surface area contributed by atoms with E-state index in [2.05, 4.69) is 21.2 Å². The quantitative estimate of drug-likeness (QED) is 0.835. The molecule has 1 unspecified atom stereocenters. The molecule has 0 amide bonds. The van der Waals surface area contributed by atoms with Crippen LogP contribution in [0.5, 0.6) is 0 Å². The topological polar surface area (TPSA) is 12.0 Å². The van der Waals surface area contributed by atoms with Gasteiger partial charge in [0, 0.05) is 11.6 Å². The van der Waals surface area contributed by atoms with Crippen LogP contribution in [0.15, 0.2) is 16.6 Å². The number of hydrogen-bond donors (Lipinski definition) is 1. The summed E-state index contributed by atoms with van der Waals surface area (Å²) in [5.74, 6) is -0.324. The zero-order chi connectivity index (χ0) is 11.7. The van der Waals surface area contributed by atoms with Crippen LogP contribution in [0.1, 0.15) is 30.9 Å². The molecule has 1 atom stereocenters. The molecule has 1 nitrogen and oxygen atoms in total. The second-order valence-corrected chi connectivity index (χ2v) is 5.10. The largest absolute Gasteiger partial charge is 0.313 e. The van der Waals surface area contributed by atoms with Crippen LogP contribution >= 0.6 is 15.9 Å². The fourth-order valence-corrected chi connectivity index (χ4v) is 2.51. The summed E-state index contributed by atoms with van der Waals surface area (Å²) in [5.41, 5.74) is 0.438. The summed E-state index contributed by atoms with van der Waals surface area (Å²) in [6.45, 7) is 0. The van der Waals surface area contributed by atoms with E-state index in [9.17, 15) is 8.78 Å². The van der Waals surface area contributed by atoms with Gasteiger partial charge in [0.05, 0.1) is 4.47 Å². The Morgan fingerprint density at radius 1 is 1.31 bits per heavy atom. The van der Waals surface area contributed by atoms with Gasteiger partial charge in [0.25, 0.3) is 0 Å². The summed E-state index contributed by atoms with van der Waals surface area (Å²) in [6, 6.07) is 2.42. The van der Waals surface area contributed by atoms with Crippen molar-refractivity contribution in [3.8, 4) is 0 Å². The highest BCUT2D eigenvalue weighted by Crippen LogP contribution is 2.39. The third kappa shape index (κ3) is 2.13. The van der Waals surface area contributed by atoms with Crippen LogP contribution in [0.3, 0.4) is 0 Å². The van der Waals surface area contributed by atoms with Gasteiger partial charge in [-0.1, -0.05) is 6.42 Å². The minimum absolute atomic E-state index is 0.0728. The Morgan fingerprint density at radius 3 is 2.50 bits per heavy atom. The van der Waals surface area contributed by atoms with E-state index in [0.29, 0.717) is 11.5 Å². The summed E-state index contributed by atoms with van der Waals surface area (Å²) < 4.78 is 27.3. The molecular formula is C12H14BrF2N. The summed E-state index contributed by atoms with van der Waals surface area (Å²) in [6.07, 6.45) is 3.36. The molecule has 0 aliphatic heterocycles. The van der Waals surface area contributed by atoms with Gasteiger partial charge >= 0.3 is 0 Å². The van der Waals surface area contributed by atoms with E-state index in [1.807, 2.05) is 0 Å². The molecule has 2 rings (SSSR count). The molecule has 1 aromatic carbocycles. The SMILES string of the molecule is CNC(c1cc(F)c(Br)cc1F)C1CCC1. The molecule has 0 radical (unpaired) electrons. The number of hydrogen-bond acceptors (Lipinski definition) is 1. The Kier molecular flexibility index (Phi) is 3.60. The first-order valence-corrected chi connectivity index (χ1v) is 6.24. The molecule has 16 heavy (non-hydrogen) atoms. The van der Waals surface area contributed by atoms with Gasteiger partial charge in [-0.15, -0.1) is 0 Å². The van der Waals surface area contributed by atoms with Gasteiger partial charge in [-0.3, -0.25) is 0 Å². The normalized spacial score (nSPS) is 18.2. The lowest BCUT2D eigenvalue weighted by Crippen LogP contribution is -2.30. The maximum Gasteiger partial charge on any atom is 0.137 e. The van der Waals surface area contributed by atoms with Crippen LogP contribution in [-0.2, 0) is 0 Å². The van der Waals surface area contributed by atoms with Gasteiger partial charge in [-0.2, -0.15) is 0 Å². The summed E-state index contributed by atoms with van der Waals surface area (Å²) in [4.78, 5) is 0. The fraction of sp³-hybridized carbons (Fsp3) is 0.500. The zero-order valence-corrected chi connectivity index (χ0v) is 10.7. The Labute approximate surface area is 102 Å². The Hall–Kier alpha value is -0.480. The molecule has 1 aliphatic rings. The van der Waals surface area contributed by atoms with E-state index in [1.54, 1.807) is 7.05 Å². The average Bonchev–Trinajstić information content (AvgIpc) is 2.17. The molecule has 0 aromatic heterocycles. The van der Waals surface area contributed by atoms with Crippen molar-refractivity contribution in [1.82, 2.24) is 5.32 Å². The first kappa shape index (κ1) is 12.0. The second kappa shape index (κ2) is 4.80. The molecular weight excluding hydrogens is 276 g/mol.